The summed E-state index contributed by atoms with van der Waals surface area (Å²) in [5.41, 5.74) is 0. The smallest absolute Gasteiger partial charge is 0.158 e. The zero-order valence-corrected chi connectivity index (χ0v) is 16.1. The summed E-state index contributed by atoms with van der Waals surface area (Å²) in [5.74, 6) is 0.148. The molecule has 0 aliphatic carbocycles. The number of Topliss-reactive ketones (excluding diaryl/α,β-unsaturated/α-hetero) is 1. The number of aliphatic hydroxyl groups is 1. The van der Waals surface area contributed by atoms with Gasteiger partial charge < -0.3 is 14.6 Å². The summed E-state index contributed by atoms with van der Waals surface area (Å²) >= 11 is 0. The van der Waals surface area contributed by atoms with Crippen LogP contribution < -0.4 is 0 Å². The predicted octanol–water partition coefficient (Wildman–Crippen LogP) is 4.67. The second-order valence-corrected chi connectivity index (χ2v) is 6.73. The van der Waals surface area contributed by atoms with Crippen molar-refractivity contribution in [2.24, 2.45) is 0 Å². The monoisotopic (exact) mass is 344 g/mol. The van der Waals surface area contributed by atoms with Crippen LogP contribution in [0.2, 0.25) is 0 Å². The standard InChI is InChI=1S/C20H40O4/c1-3-4-5-6-7-8-9-10-11-12-13-14-15-19(22)17-24-18-20(16-21)23-2/h20-21H,3-18H2,1-2H3. The van der Waals surface area contributed by atoms with E-state index in [0.717, 1.165) is 12.8 Å². The summed E-state index contributed by atoms with van der Waals surface area (Å²) in [6.07, 6.45) is 15.9. The van der Waals surface area contributed by atoms with Crippen LogP contribution >= 0.6 is 0 Å². The van der Waals surface area contributed by atoms with Crippen LogP contribution in [0, 0.1) is 0 Å². The van der Waals surface area contributed by atoms with E-state index in [4.69, 9.17) is 14.6 Å². The van der Waals surface area contributed by atoms with E-state index in [2.05, 4.69) is 6.92 Å². The molecular formula is C20H40O4. The summed E-state index contributed by atoms with van der Waals surface area (Å²) in [4.78, 5) is 11.7. The number of carbonyl (C=O) groups excluding carboxylic acids is 1. The quantitative estimate of drug-likeness (QED) is 0.346. The first-order chi connectivity index (χ1) is 11.7. The second-order valence-electron chi connectivity index (χ2n) is 6.73. The van der Waals surface area contributed by atoms with Gasteiger partial charge in [0.2, 0.25) is 0 Å². The maximum atomic E-state index is 11.7. The molecule has 144 valence electrons. The summed E-state index contributed by atoms with van der Waals surface area (Å²) in [5, 5.41) is 8.93. The molecule has 0 aromatic heterocycles. The summed E-state index contributed by atoms with van der Waals surface area (Å²) in [6, 6.07) is 0. The van der Waals surface area contributed by atoms with Gasteiger partial charge >= 0.3 is 0 Å². The van der Waals surface area contributed by atoms with Gasteiger partial charge in [0.25, 0.3) is 0 Å². The Morgan fingerprint density at radius 1 is 0.875 bits per heavy atom. The van der Waals surface area contributed by atoms with Crippen molar-refractivity contribution in [3.63, 3.8) is 0 Å². The molecular weight excluding hydrogens is 304 g/mol. The van der Waals surface area contributed by atoms with Crippen LogP contribution in [0.4, 0.5) is 0 Å². The number of hydrogen-bond acceptors (Lipinski definition) is 4. The summed E-state index contributed by atoms with van der Waals surface area (Å²) in [7, 11) is 1.53. The van der Waals surface area contributed by atoms with Crippen molar-refractivity contribution in [2.45, 2.75) is 96.5 Å². The van der Waals surface area contributed by atoms with E-state index in [0.29, 0.717) is 6.42 Å². The number of carbonyl (C=O) groups is 1. The van der Waals surface area contributed by atoms with E-state index in [1.54, 1.807) is 0 Å². The highest BCUT2D eigenvalue weighted by molar-refractivity contribution is 5.79. The van der Waals surface area contributed by atoms with Crippen molar-refractivity contribution in [1.29, 1.82) is 0 Å². The SMILES string of the molecule is CCCCCCCCCCCCCCC(=O)COCC(CO)OC. The Balaban J connectivity index is 3.22. The van der Waals surface area contributed by atoms with E-state index < -0.39 is 0 Å². The fourth-order valence-electron chi connectivity index (χ4n) is 2.73. The molecule has 0 rings (SSSR count). The van der Waals surface area contributed by atoms with Crippen molar-refractivity contribution in [3.8, 4) is 0 Å². The third-order valence-corrected chi connectivity index (χ3v) is 4.41. The molecule has 0 aromatic carbocycles. The molecule has 0 aliphatic rings. The van der Waals surface area contributed by atoms with Crippen molar-refractivity contribution < 1.29 is 19.4 Å². The van der Waals surface area contributed by atoms with E-state index in [1.807, 2.05) is 0 Å². The normalized spacial score (nSPS) is 12.5. The van der Waals surface area contributed by atoms with Crippen molar-refractivity contribution in [1.82, 2.24) is 0 Å². The number of rotatable bonds is 19. The van der Waals surface area contributed by atoms with Crippen LogP contribution in [-0.4, -0.2) is 43.9 Å². The molecule has 1 unspecified atom stereocenters. The average molecular weight is 345 g/mol. The number of aliphatic hydroxyl groups excluding tert-OH is 1. The minimum absolute atomic E-state index is 0.0799. The molecule has 0 bridgehead atoms. The lowest BCUT2D eigenvalue weighted by atomic mass is 10.0. The highest BCUT2D eigenvalue weighted by Crippen LogP contribution is 2.12. The molecule has 0 amide bonds. The first kappa shape index (κ1) is 23.5. The Bertz CT molecular complexity index is 264. The van der Waals surface area contributed by atoms with Crippen molar-refractivity contribution in [2.75, 3.05) is 26.9 Å². The number of hydrogen-bond donors (Lipinski definition) is 1. The molecule has 1 N–H and O–H groups in total. The molecule has 0 aromatic rings. The molecule has 24 heavy (non-hydrogen) atoms. The third kappa shape index (κ3) is 16.4. The fraction of sp³-hybridized carbons (Fsp3) is 0.950. The van der Waals surface area contributed by atoms with Gasteiger partial charge in [0.15, 0.2) is 5.78 Å². The van der Waals surface area contributed by atoms with Gasteiger partial charge in [-0.05, 0) is 6.42 Å². The van der Waals surface area contributed by atoms with Crippen molar-refractivity contribution >= 4 is 5.78 Å². The molecule has 0 aliphatic heterocycles. The molecule has 4 nitrogen and oxygen atoms in total. The Kier molecular flexibility index (Phi) is 18.5. The largest absolute Gasteiger partial charge is 0.394 e. The average Bonchev–Trinajstić information content (AvgIpc) is 2.59. The van der Waals surface area contributed by atoms with Gasteiger partial charge in [0, 0.05) is 13.5 Å². The maximum Gasteiger partial charge on any atom is 0.158 e. The summed E-state index contributed by atoms with van der Waals surface area (Å²) in [6.45, 7) is 2.59. The first-order valence-electron chi connectivity index (χ1n) is 9.97. The molecule has 0 saturated heterocycles. The third-order valence-electron chi connectivity index (χ3n) is 4.41. The molecule has 0 fully saturated rings. The molecule has 0 saturated carbocycles. The van der Waals surface area contributed by atoms with Gasteiger partial charge in [0.05, 0.1) is 13.2 Å². The van der Waals surface area contributed by atoms with Crippen molar-refractivity contribution in [3.05, 3.63) is 0 Å². The van der Waals surface area contributed by atoms with Crippen LogP contribution in [0.3, 0.4) is 0 Å². The summed E-state index contributed by atoms with van der Waals surface area (Å²) < 4.78 is 10.2. The van der Waals surface area contributed by atoms with E-state index in [9.17, 15) is 4.79 Å². The topological polar surface area (TPSA) is 55.8 Å². The Labute approximate surface area is 149 Å². The van der Waals surface area contributed by atoms with Gasteiger partial charge in [0.1, 0.15) is 12.7 Å². The van der Waals surface area contributed by atoms with Crippen LogP contribution in [0.25, 0.3) is 0 Å². The first-order valence-corrected chi connectivity index (χ1v) is 9.97. The maximum absolute atomic E-state index is 11.7. The van der Waals surface area contributed by atoms with Crippen LogP contribution in [-0.2, 0) is 14.3 Å². The van der Waals surface area contributed by atoms with Gasteiger partial charge in [-0.3, -0.25) is 4.79 Å². The highest BCUT2D eigenvalue weighted by Gasteiger charge is 2.07. The Hall–Kier alpha value is -0.450. The van der Waals surface area contributed by atoms with E-state index in [-0.39, 0.29) is 31.7 Å². The van der Waals surface area contributed by atoms with Crippen LogP contribution in [0.5, 0.6) is 0 Å². The minimum Gasteiger partial charge on any atom is -0.394 e. The van der Waals surface area contributed by atoms with Gasteiger partial charge in [-0.25, -0.2) is 0 Å². The van der Waals surface area contributed by atoms with E-state index in [1.165, 1.54) is 71.3 Å². The fourth-order valence-corrected chi connectivity index (χ4v) is 2.73. The van der Waals surface area contributed by atoms with E-state index >= 15 is 0 Å². The van der Waals surface area contributed by atoms with Gasteiger partial charge in [-0.15, -0.1) is 0 Å². The lowest BCUT2D eigenvalue weighted by molar-refractivity contribution is -0.125. The molecule has 0 heterocycles. The highest BCUT2D eigenvalue weighted by atomic mass is 16.5. The van der Waals surface area contributed by atoms with Gasteiger partial charge in [-0.1, -0.05) is 77.6 Å². The lowest BCUT2D eigenvalue weighted by Gasteiger charge is -2.11. The zero-order chi connectivity index (χ0) is 17.9. The number of ketones is 1. The van der Waals surface area contributed by atoms with Crippen LogP contribution in [0.15, 0.2) is 0 Å². The minimum atomic E-state index is -0.329. The molecule has 0 spiro atoms. The number of methoxy groups -OCH3 is 1. The van der Waals surface area contributed by atoms with Gasteiger partial charge in [-0.2, -0.15) is 0 Å². The number of ether oxygens (including phenoxy) is 2. The lowest BCUT2D eigenvalue weighted by Crippen LogP contribution is -2.24. The molecule has 4 heteroatoms. The second kappa shape index (κ2) is 18.9. The zero-order valence-electron chi connectivity index (χ0n) is 16.1. The molecule has 0 radical (unpaired) electrons. The predicted molar refractivity (Wildman–Crippen MR) is 99.4 cm³/mol. The number of unbranched alkanes of at least 4 members (excludes halogenated alkanes) is 11. The van der Waals surface area contributed by atoms with Crippen LogP contribution in [0.1, 0.15) is 90.4 Å². The Morgan fingerprint density at radius 2 is 1.38 bits per heavy atom. The Morgan fingerprint density at radius 3 is 1.83 bits per heavy atom. The molecule has 1 atom stereocenters.